The predicted molar refractivity (Wildman–Crippen MR) is 176 cm³/mol. The molecule has 0 bridgehead atoms. The first-order valence-corrected chi connectivity index (χ1v) is 19.8. The number of hydrogen-bond acceptors (Lipinski definition) is 18. The van der Waals surface area contributed by atoms with E-state index in [1.807, 2.05) is 0 Å². The van der Waals surface area contributed by atoms with Gasteiger partial charge in [0, 0.05) is 31.3 Å². The van der Waals surface area contributed by atoms with Gasteiger partial charge in [-0.15, -0.1) is 0 Å². The number of phosphoric ester groups is 1. The zero-order chi connectivity index (χ0) is 39.9. The van der Waals surface area contributed by atoms with Gasteiger partial charge in [0.15, 0.2) is 6.23 Å². The summed E-state index contributed by atoms with van der Waals surface area (Å²) in [6, 6.07) is 6.30. The Labute approximate surface area is 305 Å². The van der Waals surface area contributed by atoms with Crippen LogP contribution in [0.15, 0.2) is 45.2 Å². The van der Waals surface area contributed by atoms with E-state index < -0.39 is 72.2 Å². The lowest BCUT2D eigenvalue weighted by molar-refractivity contribution is -0.245. The van der Waals surface area contributed by atoms with Gasteiger partial charge in [-0.25, -0.2) is 9.11 Å². The van der Waals surface area contributed by atoms with Crippen LogP contribution in [0.5, 0.6) is 5.75 Å². The van der Waals surface area contributed by atoms with E-state index in [0.29, 0.717) is 11.3 Å². The summed E-state index contributed by atoms with van der Waals surface area (Å²) in [5.41, 5.74) is 7.23. The van der Waals surface area contributed by atoms with Crippen LogP contribution in [-0.4, -0.2) is 80.3 Å². The summed E-state index contributed by atoms with van der Waals surface area (Å²) in [6.07, 6.45) is -1.81. The molecule has 27 heteroatoms. The Balaban J connectivity index is 1.41. The topological polar surface area (TPSA) is 347 Å². The lowest BCUT2D eigenvalue weighted by Gasteiger charge is -2.36. The molecule has 296 valence electrons. The Kier molecular flexibility index (Phi) is 16.8. The van der Waals surface area contributed by atoms with Crippen LogP contribution in [0.3, 0.4) is 0 Å². The smallest absolute Gasteiger partial charge is 0.330 e. The molecule has 24 nitrogen and oxygen atoms in total. The second-order valence-electron chi connectivity index (χ2n) is 10.5. The summed E-state index contributed by atoms with van der Waals surface area (Å²) < 4.78 is 68.5. The lowest BCUT2D eigenvalue weighted by atomic mass is 10.2. The van der Waals surface area contributed by atoms with Gasteiger partial charge < -0.3 is 57.7 Å². The summed E-state index contributed by atoms with van der Waals surface area (Å²) in [6.45, 7) is 0.658. The van der Waals surface area contributed by atoms with E-state index in [9.17, 15) is 47.6 Å². The molecule has 0 spiro atoms. The van der Waals surface area contributed by atoms with Gasteiger partial charge in [-0.05, 0) is 36.6 Å². The van der Waals surface area contributed by atoms with Crippen LogP contribution in [0.4, 0.5) is 0 Å². The highest BCUT2D eigenvalue weighted by Crippen LogP contribution is 2.62. The summed E-state index contributed by atoms with van der Waals surface area (Å²) in [4.78, 5) is 87.5. The Morgan fingerprint density at radius 2 is 1.94 bits per heavy atom. The second kappa shape index (κ2) is 20.5. The van der Waals surface area contributed by atoms with Crippen molar-refractivity contribution in [2.75, 3.05) is 46.6 Å². The number of amides is 2. The van der Waals surface area contributed by atoms with E-state index in [1.54, 1.807) is 18.2 Å². The molecule has 0 saturated carbocycles. The van der Waals surface area contributed by atoms with Crippen molar-refractivity contribution in [1.82, 2.24) is 20.2 Å². The molecule has 1 aliphatic heterocycles. The number of nitrogens with zero attached hydrogens (tertiary/aromatic N) is 4. The van der Waals surface area contributed by atoms with Crippen LogP contribution in [0.25, 0.3) is 10.4 Å². The molecule has 1 aromatic carbocycles. The quantitative estimate of drug-likeness (QED) is 0.0278. The van der Waals surface area contributed by atoms with Crippen molar-refractivity contribution in [3.8, 4) is 17.6 Å². The van der Waals surface area contributed by atoms with E-state index in [-0.39, 0.29) is 50.7 Å². The fourth-order valence-corrected chi connectivity index (χ4v) is 7.37. The van der Waals surface area contributed by atoms with Crippen LogP contribution >= 0.6 is 23.2 Å². The Morgan fingerprint density at radius 3 is 2.65 bits per heavy atom. The van der Waals surface area contributed by atoms with E-state index in [2.05, 4.69) is 57.3 Å². The number of carbonyl (C=O) groups excluding carboxylic acids is 2. The maximum atomic E-state index is 12.4. The molecule has 3 rings (SSSR count). The molecule has 0 aliphatic carbocycles. The van der Waals surface area contributed by atoms with Gasteiger partial charge in [0.1, 0.15) is 30.8 Å². The average molecular weight is 820 g/mol. The number of aromatic amines is 1. The Hall–Kier alpha value is -4.16. The number of azide groups is 1. The van der Waals surface area contributed by atoms with Gasteiger partial charge in [0.25, 0.3) is 27.1 Å². The van der Waals surface area contributed by atoms with Crippen molar-refractivity contribution in [3.63, 3.8) is 0 Å². The van der Waals surface area contributed by atoms with E-state index >= 15 is 0 Å². The molecular weight excluding hydrogens is 787 g/mol. The van der Waals surface area contributed by atoms with Crippen LogP contribution in [0.2, 0.25) is 0 Å². The Bertz CT molecular complexity index is 2020. The van der Waals surface area contributed by atoms with Gasteiger partial charge in [0.05, 0.1) is 32.5 Å². The zero-order valence-electron chi connectivity index (χ0n) is 28.1. The number of ether oxygens (including phenoxy) is 4. The van der Waals surface area contributed by atoms with Crippen molar-refractivity contribution >= 4 is 35.1 Å². The van der Waals surface area contributed by atoms with Crippen molar-refractivity contribution < 1.29 is 70.1 Å². The highest BCUT2D eigenvalue weighted by Gasteiger charge is 2.30. The third-order valence-corrected chi connectivity index (χ3v) is 10.3. The number of H-pyrrole nitrogens is 1. The molecular formula is C27H32N7O17P3-4. The summed E-state index contributed by atoms with van der Waals surface area (Å²) in [7, 11) is -15.2. The van der Waals surface area contributed by atoms with Crippen LogP contribution in [0, 0.1) is 18.5 Å². The molecule has 1 saturated heterocycles. The van der Waals surface area contributed by atoms with E-state index in [4.69, 9.17) is 24.5 Å². The molecule has 2 heterocycles. The predicted octanol–water partition coefficient (Wildman–Crippen LogP) is -0.878. The molecule has 1 aromatic heterocycles. The minimum absolute atomic E-state index is 0.0689. The van der Waals surface area contributed by atoms with Gasteiger partial charge in [-0.3, -0.25) is 39.7 Å². The van der Waals surface area contributed by atoms with Gasteiger partial charge in [-0.2, -0.15) is 0 Å². The fraction of sp³-hybridized carbons (Fsp3) is 0.444. The minimum Gasteiger partial charge on any atom is -0.802 e. The van der Waals surface area contributed by atoms with Gasteiger partial charge in [0.2, 0.25) is 5.91 Å². The number of nitrogens with one attached hydrogen (secondary N) is 3. The lowest BCUT2D eigenvalue weighted by Crippen LogP contribution is -2.34. The summed E-state index contributed by atoms with van der Waals surface area (Å²) >= 11 is 0. The van der Waals surface area contributed by atoms with Crippen molar-refractivity contribution in [2.45, 2.75) is 31.4 Å². The van der Waals surface area contributed by atoms with Crippen LogP contribution in [-0.2, 0) is 45.8 Å². The molecule has 6 atom stereocenters. The van der Waals surface area contributed by atoms with Crippen molar-refractivity contribution in [2.24, 2.45) is 5.11 Å². The van der Waals surface area contributed by atoms with Crippen LogP contribution < -0.4 is 41.3 Å². The minimum atomic E-state index is -5.90. The molecule has 1 fully saturated rings. The average Bonchev–Trinajstić information content (AvgIpc) is 3.56. The first kappa shape index (κ1) is 44.2. The zero-order valence-corrected chi connectivity index (χ0v) is 30.7. The van der Waals surface area contributed by atoms with E-state index in [1.165, 1.54) is 13.1 Å². The second-order valence-corrected chi connectivity index (χ2v) is 15.1. The third-order valence-electron chi connectivity index (χ3n) is 6.47. The Morgan fingerprint density at radius 1 is 1.19 bits per heavy atom. The summed E-state index contributed by atoms with van der Waals surface area (Å²) in [5.74, 6) is 4.49. The number of aromatic nitrogens is 2. The molecule has 0 radical (unpaired) electrons. The van der Waals surface area contributed by atoms with Crippen LogP contribution in [0.1, 0.15) is 35.0 Å². The van der Waals surface area contributed by atoms with Crippen molar-refractivity contribution in [1.29, 1.82) is 0 Å². The molecule has 2 amide bonds. The number of benzene rings is 1. The first-order chi connectivity index (χ1) is 25.4. The molecule has 3 N–H and O–H groups in total. The normalized spacial score (nSPS) is 19.1. The monoisotopic (exact) mass is 819 g/mol. The molecule has 54 heavy (non-hydrogen) atoms. The highest BCUT2D eigenvalue weighted by molar-refractivity contribution is 7.67. The summed E-state index contributed by atoms with van der Waals surface area (Å²) in [5, 5.41) is 8.41. The third kappa shape index (κ3) is 15.7. The van der Waals surface area contributed by atoms with Gasteiger partial charge >= 0.3 is 5.69 Å². The molecule has 4 unspecified atom stereocenters. The fourth-order valence-electron chi connectivity index (χ4n) is 4.24. The molecule has 2 aromatic rings. The SMILES string of the molecule is [CH2-]P(=O)([O-])OP(=O)([O-])OP(=O)([O-])OC[C@@H]1CC[C@H](n2cc(C#CCNC(=O)COCCOC(COc3cccc(C(=O)NC)c3)N=[N+]=[N-])c(=O)[nH]c2=O)O1. The number of phosphoric acid groups is 2. The van der Waals surface area contributed by atoms with Gasteiger partial charge in [-0.1, -0.05) is 23.0 Å². The number of hydrogen-bond donors (Lipinski definition) is 3. The maximum Gasteiger partial charge on any atom is 0.330 e. The van der Waals surface area contributed by atoms with Crippen molar-refractivity contribution in [3.05, 3.63) is 79.5 Å². The highest BCUT2D eigenvalue weighted by atomic mass is 31.3. The van der Waals surface area contributed by atoms with E-state index in [0.717, 1.165) is 10.8 Å². The standard InChI is InChI=1S/C27H35N7O17P3/c1-29-25(36)18-5-3-7-20(13-18)47-17-23(32-33-28)46-12-11-45-16-22(35)30-10-4-6-19-14-34(27(38)31-26(19)37)24-9-8-21(49-24)15-48-53(41,42)51-54(43,44)50-52(2,39)40/h3,5,7,13-14,21,23-24H,2,8-12,15-17H2,1H3,(H,29,36)(H,30,35)(H,39,40)(H,41,42)(H,43,44)(H,31,37,38)/q-1/p-3/t21-,23?,24+/m0/s1. The number of carbonyl (C=O) groups is 2. The molecule has 1 aliphatic rings. The maximum absolute atomic E-state index is 12.4. The number of rotatable bonds is 20. The largest absolute Gasteiger partial charge is 0.802 e. The first-order valence-electron chi connectivity index (χ1n) is 15.2.